The van der Waals surface area contributed by atoms with Gasteiger partial charge in [0.15, 0.2) is 0 Å². The maximum absolute atomic E-state index is 10.4. The number of hydrogen-bond donors (Lipinski definition) is 2. The molecule has 0 aliphatic carbocycles. The van der Waals surface area contributed by atoms with Gasteiger partial charge in [-0.25, -0.2) is 0 Å². The predicted octanol–water partition coefficient (Wildman–Crippen LogP) is -0.597. The fraction of sp³-hybridized carbons (Fsp3) is 0. The van der Waals surface area contributed by atoms with E-state index in [1.807, 2.05) is 0 Å². The molecule has 0 saturated carbocycles. The van der Waals surface area contributed by atoms with E-state index in [0.29, 0.717) is 4.32 Å². The van der Waals surface area contributed by atoms with Gasteiger partial charge in [-0.05, 0) is 0 Å². The van der Waals surface area contributed by atoms with Crippen molar-refractivity contribution >= 4 is 15.6 Å². The van der Waals surface area contributed by atoms with Crippen LogP contribution in [0, 0.1) is 4.32 Å². The Labute approximate surface area is 53.1 Å². The molecule has 4 heteroatoms. The van der Waals surface area contributed by atoms with E-state index in [9.17, 15) is 4.79 Å². The van der Waals surface area contributed by atoms with Crippen molar-refractivity contribution in [1.82, 2.24) is 9.97 Å². The van der Waals surface area contributed by atoms with Gasteiger partial charge in [0.1, 0.15) is 0 Å². The molecule has 0 amide bonds. The molecule has 0 saturated heterocycles. The van der Waals surface area contributed by atoms with E-state index in [1.54, 1.807) is 6.20 Å². The summed E-state index contributed by atoms with van der Waals surface area (Å²) in [5, 5.41) is 0. The first-order valence-electron chi connectivity index (χ1n) is 2.07. The summed E-state index contributed by atoms with van der Waals surface area (Å²) in [6.45, 7) is 0. The molecule has 0 fully saturated rings. The molecule has 42 valence electrons. The molecule has 2 N–H and O–H groups in total. The number of hydrogen-bond acceptors (Lipinski definition) is 1. The van der Waals surface area contributed by atoms with Crippen molar-refractivity contribution in [1.29, 1.82) is 0 Å². The van der Waals surface area contributed by atoms with Gasteiger partial charge >= 0.3 is 52.5 Å². The third-order valence-electron chi connectivity index (χ3n) is 0.686. The minimum absolute atomic E-state index is 0.0995. The number of aromatic nitrogens is 2. The van der Waals surface area contributed by atoms with Gasteiger partial charge in [-0.3, -0.25) is 0 Å². The van der Waals surface area contributed by atoms with Gasteiger partial charge in [0.05, 0.1) is 0 Å². The van der Waals surface area contributed by atoms with Crippen LogP contribution >= 0.6 is 0 Å². The van der Waals surface area contributed by atoms with Gasteiger partial charge in [-0.1, -0.05) is 0 Å². The minimum atomic E-state index is -0.0995. The van der Waals surface area contributed by atoms with Crippen LogP contribution in [0.15, 0.2) is 17.1 Å². The molecular formula is C4H4N2OSe. The van der Waals surface area contributed by atoms with Crippen LogP contribution in [0.1, 0.15) is 0 Å². The van der Waals surface area contributed by atoms with Gasteiger partial charge < -0.3 is 0 Å². The third-order valence-corrected chi connectivity index (χ3v) is 1.15. The molecule has 0 radical (unpaired) electrons. The molecule has 3 nitrogen and oxygen atoms in total. The van der Waals surface area contributed by atoms with Gasteiger partial charge in [0.25, 0.3) is 0 Å². The topological polar surface area (TPSA) is 48.6 Å². The molecule has 0 spiro atoms. The van der Waals surface area contributed by atoms with E-state index in [1.165, 1.54) is 6.07 Å². The number of nitrogens with one attached hydrogen (secondary N) is 2. The summed E-state index contributed by atoms with van der Waals surface area (Å²) < 4.78 is 0.650. The van der Waals surface area contributed by atoms with Crippen LogP contribution in [0.25, 0.3) is 0 Å². The molecule has 8 heavy (non-hydrogen) atoms. The van der Waals surface area contributed by atoms with Crippen molar-refractivity contribution in [2.24, 2.45) is 0 Å². The Hall–Kier alpha value is -0.601. The predicted molar refractivity (Wildman–Crippen MR) is 30.4 cm³/mol. The maximum atomic E-state index is 10.4. The van der Waals surface area contributed by atoms with E-state index in [4.69, 9.17) is 0 Å². The number of aromatic amines is 2. The van der Waals surface area contributed by atoms with Crippen LogP contribution < -0.4 is 5.56 Å². The first-order valence-corrected chi connectivity index (χ1v) is 2.93. The van der Waals surface area contributed by atoms with Crippen LogP contribution in [-0.2, 0) is 0 Å². The Balaban J connectivity index is 3.50. The van der Waals surface area contributed by atoms with Crippen LogP contribution in [0.5, 0.6) is 0 Å². The zero-order valence-corrected chi connectivity index (χ0v) is 5.68. The fourth-order valence-electron chi connectivity index (χ4n) is 0.383. The van der Waals surface area contributed by atoms with Gasteiger partial charge in [-0.2, -0.15) is 0 Å². The second-order valence-electron chi connectivity index (χ2n) is 1.30. The molecule has 0 atom stereocenters. The van der Waals surface area contributed by atoms with Crippen LogP contribution in [0.4, 0.5) is 0 Å². The SMILES string of the molecule is O=c1cc[nH]c(=[Se])[nH]1. The summed E-state index contributed by atoms with van der Waals surface area (Å²) in [5.74, 6) is 0. The van der Waals surface area contributed by atoms with E-state index in [-0.39, 0.29) is 5.56 Å². The summed E-state index contributed by atoms with van der Waals surface area (Å²) in [4.78, 5) is 15.7. The molecule has 0 aliphatic heterocycles. The van der Waals surface area contributed by atoms with Crippen molar-refractivity contribution in [3.63, 3.8) is 0 Å². The summed E-state index contributed by atoms with van der Waals surface area (Å²) in [6, 6.07) is 1.42. The Morgan fingerprint density at radius 2 is 2.38 bits per heavy atom. The summed E-state index contributed by atoms with van der Waals surface area (Å²) >= 11 is 2.63. The van der Waals surface area contributed by atoms with Gasteiger partial charge in [0, 0.05) is 0 Å². The van der Waals surface area contributed by atoms with Crippen LogP contribution in [0.3, 0.4) is 0 Å². The summed E-state index contributed by atoms with van der Waals surface area (Å²) in [7, 11) is 0. The first-order chi connectivity index (χ1) is 3.79. The number of H-pyrrole nitrogens is 2. The summed E-state index contributed by atoms with van der Waals surface area (Å²) in [6.07, 6.45) is 1.57. The quantitative estimate of drug-likeness (QED) is 0.508. The first kappa shape index (κ1) is 5.53. The Morgan fingerprint density at radius 1 is 1.62 bits per heavy atom. The average molecular weight is 175 g/mol. The molecule has 1 aromatic heterocycles. The van der Waals surface area contributed by atoms with E-state index < -0.39 is 0 Å². The molecule has 0 aliphatic rings. The zero-order chi connectivity index (χ0) is 5.98. The molecule has 0 bridgehead atoms. The van der Waals surface area contributed by atoms with Gasteiger partial charge in [0.2, 0.25) is 0 Å². The molecule has 1 heterocycles. The molecular weight excluding hydrogens is 171 g/mol. The van der Waals surface area contributed by atoms with Gasteiger partial charge in [-0.15, -0.1) is 0 Å². The Morgan fingerprint density at radius 3 is 2.75 bits per heavy atom. The van der Waals surface area contributed by atoms with Crippen LogP contribution in [-0.4, -0.2) is 25.5 Å². The van der Waals surface area contributed by atoms with Crippen molar-refractivity contribution < 1.29 is 0 Å². The second-order valence-corrected chi connectivity index (χ2v) is 2.15. The Kier molecular flexibility index (Phi) is 1.46. The second kappa shape index (κ2) is 2.11. The summed E-state index contributed by atoms with van der Waals surface area (Å²) in [5.41, 5.74) is -0.0995. The third kappa shape index (κ3) is 1.18. The zero-order valence-electron chi connectivity index (χ0n) is 3.97. The van der Waals surface area contributed by atoms with Crippen molar-refractivity contribution in [3.05, 3.63) is 26.9 Å². The van der Waals surface area contributed by atoms with E-state index in [2.05, 4.69) is 25.5 Å². The van der Waals surface area contributed by atoms with Crippen molar-refractivity contribution in [2.75, 3.05) is 0 Å². The molecule has 1 rings (SSSR count). The number of rotatable bonds is 0. The Bertz CT molecular complexity index is 248. The standard InChI is InChI=1S/C4H4N2OSe/c7-3-1-2-5-4(8)6-3/h1-2H,(H2,5,6,7,8). The van der Waals surface area contributed by atoms with E-state index in [0.717, 1.165) is 0 Å². The van der Waals surface area contributed by atoms with Crippen molar-refractivity contribution in [2.45, 2.75) is 0 Å². The van der Waals surface area contributed by atoms with Crippen molar-refractivity contribution in [3.8, 4) is 0 Å². The average Bonchev–Trinajstić information content (AvgIpc) is 1.64. The normalized spacial score (nSPS) is 9.00. The molecule has 0 unspecified atom stereocenters. The monoisotopic (exact) mass is 176 g/mol. The van der Waals surface area contributed by atoms with E-state index >= 15 is 0 Å². The fourth-order valence-corrected chi connectivity index (χ4v) is 0.736. The molecule has 0 aromatic carbocycles. The van der Waals surface area contributed by atoms with Crippen LogP contribution in [0.2, 0.25) is 0 Å². The molecule has 1 aromatic rings.